The van der Waals surface area contributed by atoms with Gasteiger partial charge in [0, 0.05) is 12.8 Å². The number of rotatable bonds is 0. The van der Waals surface area contributed by atoms with Gasteiger partial charge in [-0.25, -0.2) is 0 Å². The van der Waals surface area contributed by atoms with Crippen molar-refractivity contribution in [3.8, 4) is 0 Å². The van der Waals surface area contributed by atoms with Crippen LogP contribution in [0, 0.1) is 0 Å². The van der Waals surface area contributed by atoms with Crippen molar-refractivity contribution in [3.05, 3.63) is 34.8 Å². The number of hydrogen-bond donors (Lipinski definition) is 2. The molecule has 0 saturated heterocycles. The summed E-state index contributed by atoms with van der Waals surface area (Å²) in [5.74, 6) is 0.280. The number of aliphatic hydroxyl groups is 2. The Labute approximate surface area is 65.2 Å². The van der Waals surface area contributed by atoms with E-state index in [4.69, 9.17) is 0 Å². The van der Waals surface area contributed by atoms with Crippen LogP contribution >= 0.6 is 0 Å². The van der Waals surface area contributed by atoms with Gasteiger partial charge in [0.2, 0.25) is 0 Å². The minimum atomic E-state index is 0.135. The fourth-order valence-corrected chi connectivity index (χ4v) is 1.55. The molecule has 2 heteroatoms. The Kier molecular flexibility index (Phi) is 1.28. The SMILES string of the molecule is OC1=C(O)CC2=C(C=CC2)C1. The van der Waals surface area contributed by atoms with E-state index < -0.39 is 0 Å². The topological polar surface area (TPSA) is 40.5 Å². The molecule has 58 valence electrons. The molecule has 0 saturated carbocycles. The van der Waals surface area contributed by atoms with E-state index in [0.29, 0.717) is 12.8 Å². The molecule has 0 aromatic carbocycles. The highest BCUT2D eigenvalue weighted by Gasteiger charge is 2.19. The third-order valence-corrected chi connectivity index (χ3v) is 2.21. The zero-order valence-corrected chi connectivity index (χ0v) is 6.17. The largest absolute Gasteiger partial charge is 0.508 e. The lowest BCUT2D eigenvalue weighted by molar-refractivity contribution is 0.304. The fraction of sp³-hybridized carbons (Fsp3) is 0.333. The number of aliphatic hydroxyl groups excluding tert-OH is 2. The van der Waals surface area contributed by atoms with Gasteiger partial charge >= 0.3 is 0 Å². The molecule has 2 nitrogen and oxygen atoms in total. The number of hydrogen-bond acceptors (Lipinski definition) is 2. The molecule has 0 spiro atoms. The molecular formula is C9H10O2. The lowest BCUT2D eigenvalue weighted by atomic mass is 9.97. The van der Waals surface area contributed by atoms with Gasteiger partial charge in [-0.15, -0.1) is 0 Å². The minimum Gasteiger partial charge on any atom is -0.508 e. The van der Waals surface area contributed by atoms with Gasteiger partial charge < -0.3 is 10.2 Å². The highest BCUT2D eigenvalue weighted by Crippen LogP contribution is 2.33. The fourth-order valence-electron chi connectivity index (χ4n) is 1.55. The van der Waals surface area contributed by atoms with Crippen LogP contribution in [0.3, 0.4) is 0 Å². The maximum absolute atomic E-state index is 9.19. The van der Waals surface area contributed by atoms with E-state index in [1.54, 1.807) is 0 Å². The van der Waals surface area contributed by atoms with Crippen LogP contribution in [-0.2, 0) is 0 Å². The van der Waals surface area contributed by atoms with Crippen LogP contribution in [0.15, 0.2) is 34.8 Å². The molecule has 0 unspecified atom stereocenters. The van der Waals surface area contributed by atoms with Gasteiger partial charge in [0.15, 0.2) is 0 Å². The molecule has 2 aliphatic rings. The first-order valence-corrected chi connectivity index (χ1v) is 3.75. The second-order valence-corrected chi connectivity index (χ2v) is 2.98. The molecule has 0 bridgehead atoms. The quantitative estimate of drug-likeness (QED) is 0.556. The van der Waals surface area contributed by atoms with E-state index in [2.05, 4.69) is 6.08 Å². The lowest BCUT2D eigenvalue weighted by Gasteiger charge is -2.14. The molecule has 0 heterocycles. The van der Waals surface area contributed by atoms with Crippen molar-refractivity contribution in [1.82, 2.24) is 0 Å². The van der Waals surface area contributed by atoms with Crippen LogP contribution in [0.25, 0.3) is 0 Å². The zero-order valence-electron chi connectivity index (χ0n) is 6.17. The van der Waals surface area contributed by atoms with Gasteiger partial charge in [-0.05, 0) is 12.0 Å². The Morgan fingerprint density at radius 1 is 1.09 bits per heavy atom. The molecule has 0 aliphatic heterocycles. The Morgan fingerprint density at radius 3 is 2.64 bits per heavy atom. The van der Waals surface area contributed by atoms with Crippen LogP contribution in [0.4, 0.5) is 0 Å². The van der Waals surface area contributed by atoms with Crippen molar-refractivity contribution >= 4 is 0 Å². The first-order chi connectivity index (χ1) is 5.27. The van der Waals surface area contributed by atoms with Crippen LogP contribution in [0.1, 0.15) is 19.3 Å². The van der Waals surface area contributed by atoms with E-state index in [1.165, 1.54) is 11.1 Å². The number of allylic oxidation sites excluding steroid dienone is 4. The van der Waals surface area contributed by atoms with Gasteiger partial charge in [-0.3, -0.25) is 0 Å². The maximum Gasteiger partial charge on any atom is 0.134 e. The first-order valence-electron chi connectivity index (χ1n) is 3.75. The van der Waals surface area contributed by atoms with Gasteiger partial charge in [-0.2, -0.15) is 0 Å². The van der Waals surface area contributed by atoms with Crippen molar-refractivity contribution in [2.75, 3.05) is 0 Å². The highest BCUT2D eigenvalue weighted by molar-refractivity contribution is 5.41. The standard InChI is InChI=1S/C9H10O2/c10-8-4-6-2-1-3-7(6)5-9(8)11/h1-2,10-11H,3-5H2. The van der Waals surface area contributed by atoms with Crippen molar-refractivity contribution < 1.29 is 10.2 Å². The zero-order chi connectivity index (χ0) is 7.84. The molecule has 0 aromatic rings. The van der Waals surface area contributed by atoms with Crippen molar-refractivity contribution in [1.29, 1.82) is 0 Å². The summed E-state index contributed by atoms with van der Waals surface area (Å²) in [6.07, 6.45) is 6.08. The van der Waals surface area contributed by atoms with Gasteiger partial charge in [0.05, 0.1) is 0 Å². The third kappa shape index (κ3) is 0.946. The summed E-state index contributed by atoms with van der Waals surface area (Å²) < 4.78 is 0. The maximum atomic E-state index is 9.19. The van der Waals surface area contributed by atoms with Crippen molar-refractivity contribution in [2.45, 2.75) is 19.3 Å². The second-order valence-electron chi connectivity index (χ2n) is 2.98. The molecule has 0 radical (unpaired) electrons. The van der Waals surface area contributed by atoms with E-state index in [0.717, 1.165) is 6.42 Å². The van der Waals surface area contributed by atoms with E-state index >= 15 is 0 Å². The molecule has 2 N–H and O–H groups in total. The molecule has 2 rings (SSSR count). The molecule has 2 aliphatic carbocycles. The summed E-state index contributed by atoms with van der Waals surface area (Å²) in [5.41, 5.74) is 2.43. The van der Waals surface area contributed by atoms with Gasteiger partial charge in [-0.1, -0.05) is 17.7 Å². The molecule has 0 aromatic heterocycles. The Balaban J connectivity index is 2.27. The first kappa shape index (κ1) is 6.53. The summed E-state index contributed by atoms with van der Waals surface area (Å²) in [7, 11) is 0. The molecule has 0 amide bonds. The summed E-state index contributed by atoms with van der Waals surface area (Å²) in [5, 5.41) is 18.4. The predicted octanol–water partition coefficient (Wildman–Crippen LogP) is 2.36. The monoisotopic (exact) mass is 150 g/mol. The minimum absolute atomic E-state index is 0.135. The summed E-state index contributed by atoms with van der Waals surface area (Å²) in [4.78, 5) is 0. The molecule has 0 fully saturated rings. The van der Waals surface area contributed by atoms with E-state index in [9.17, 15) is 10.2 Å². The Bertz CT molecular complexity index is 282. The summed E-state index contributed by atoms with van der Waals surface area (Å²) >= 11 is 0. The highest BCUT2D eigenvalue weighted by atomic mass is 16.3. The smallest absolute Gasteiger partial charge is 0.134 e. The van der Waals surface area contributed by atoms with Crippen LogP contribution in [-0.4, -0.2) is 10.2 Å². The van der Waals surface area contributed by atoms with Crippen LogP contribution in [0.5, 0.6) is 0 Å². The van der Waals surface area contributed by atoms with Gasteiger partial charge in [0.25, 0.3) is 0 Å². The van der Waals surface area contributed by atoms with Crippen LogP contribution < -0.4 is 0 Å². The average molecular weight is 150 g/mol. The van der Waals surface area contributed by atoms with Crippen molar-refractivity contribution in [3.63, 3.8) is 0 Å². The molecule has 0 atom stereocenters. The average Bonchev–Trinajstić information content (AvgIpc) is 2.36. The van der Waals surface area contributed by atoms with Crippen molar-refractivity contribution in [2.24, 2.45) is 0 Å². The van der Waals surface area contributed by atoms with E-state index in [1.807, 2.05) is 6.08 Å². The Hall–Kier alpha value is -1.18. The Morgan fingerprint density at radius 2 is 1.82 bits per heavy atom. The predicted molar refractivity (Wildman–Crippen MR) is 42.3 cm³/mol. The van der Waals surface area contributed by atoms with Gasteiger partial charge in [0.1, 0.15) is 11.5 Å². The van der Waals surface area contributed by atoms with Crippen LogP contribution in [0.2, 0.25) is 0 Å². The van der Waals surface area contributed by atoms with E-state index in [-0.39, 0.29) is 11.5 Å². The normalized spacial score (nSPS) is 22.9. The lowest BCUT2D eigenvalue weighted by Crippen LogP contribution is -2.01. The summed E-state index contributed by atoms with van der Waals surface area (Å²) in [6, 6.07) is 0. The summed E-state index contributed by atoms with van der Waals surface area (Å²) in [6.45, 7) is 0. The molecular weight excluding hydrogens is 140 g/mol. The molecule has 11 heavy (non-hydrogen) atoms. The second kappa shape index (κ2) is 2.16. The third-order valence-electron chi connectivity index (χ3n) is 2.21.